The molecule has 1 aliphatic rings. The molecule has 9 heteroatoms. The number of nitrogens with zero attached hydrogens (tertiary/aromatic N) is 2. The third-order valence-corrected chi connectivity index (χ3v) is 3.95. The molecule has 0 unspecified atom stereocenters. The first-order valence-corrected chi connectivity index (χ1v) is 7.53. The second-order valence-corrected chi connectivity index (χ2v) is 5.93. The van der Waals surface area contributed by atoms with Crippen LogP contribution < -0.4 is 16.8 Å². The van der Waals surface area contributed by atoms with Crippen molar-refractivity contribution in [2.24, 2.45) is 21.5 Å². The molecule has 1 atom stereocenters. The number of nitrogens with one attached hydrogen (secondary N) is 1. The molecule has 2 amide bonds. The number of rotatable bonds is 4. The molecule has 23 heavy (non-hydrogen) atoms. The quantitative estimate of drug-likeness (QED) is 0.416. The van der Waals surface area contributed by atoms with Crippen molar-refractivity contribution in [3.8, 4) is 0 Å². The largest absolute Gasteiger partial charge is 0.370 e. The van der Waals surface area contributed by atoms with Crippen molar-refractivity contribution in [1.82, 2.24) is 0 Å². The molecule has 0 spiro atoms. The fraction of sp³-hybridized carbons (Fsp3) is 0.214. The number of benzene rings is 1. The maximum Gasteiger partial charge on any atom is 0.262 e. The summed E-state index contributed by atoms with van der Waals surface area (Å²) in [6, 6.07) is 6.49. The number of hydrogen-bond acceptors (Lipinski definition) is 5. The normalized spacial score (nSPS) is 16.7. The van der Waals surface area contributed by atoms with Gasteiger partial charge >= 0.3 is 0 Å². The van der Waals surface area contributed by atoms with Crippen molar-refractivity contribution in [2.75, 3.05) is 5.32 Å². The van der Waals surface area contributed by atoms with Crippen LogP contribution in [0, 0.1) is 0 Å². The highest BCUT2D eigenvalue weighted by molar-refractivity contribution is 8.15. The van der Waals surface area contributed by atoms with Gasteiger partial charge in [0.2, 0.25) is 5.91 Å². The molecule has 1 aromatic rings. The lowest BCUT2D eigenvalue weighted by Gasteiger charge is -2.08. The second-order valence-electron chi connectivity index (χ2n) is 4.76. The van der Waals surface area contributed by atoms with Crippen LogP contribution in [-0.4, -0.2) is 34.0 Å². The van der Waals surface area contributed by atoms with Crippen LogP contribution in [0.25, 0.3) is 0 Å². The molecule has 8 nitrogen and oxygen atoms in total. The van der Waals surface area contributed by atoms with Crippen molar-refractivity contribution in [2.45, 2.75) is 18.6 Å². The van der Waals surface area contributed by atoms with E-state index in [4.69, 9.17) is 11.5 Å². The van der Waals surface area contributed by atoms with Crippen molar-refractivity contribution in [3.05, 3.63) is 29.8 Å². The van der Waals surface area contributed by atoms with Gasteiger partial charge in [-0.15, -0.1) is 0 Å². The van der Waals surface area contributed by atoms with Crippen LogP contribution in [0.15, 0.2) is 34.3 Å². The Bertz CT molecular complexity index is 708. The third-order valence-electron chi connectivity index (χ3n) is 2.90. The predicted molar refractivity (Wildman–Crippen MR) is 89.3 cm³/mol. The summed E-state index contributed by atoms with van der Waals surface area (Å²) in [6.07, 6.45) is -0.0506. The molecule has 0 aromatic heterocycles. The predicted octanol–water partition coefficient (Wildman–Crippen LogP) is 0.489. The number of amidine groups is 1. The lowest BCUT2D eigenvalue weighted by molar-refractivity contribution is -0.121. The SMILES string of the molecule is CC(=O)c1ccc(NC(=O)C[C@H]2SC(N=C(N)N)=NC2=O)cc1. The lowest BCUT2D eigenvalue weighted by atomic mass is 10.1. The summed E-state index contributed by atoms with van der Waals surface area (Å²) in [4.78, 5) is 42.2. The van der Waals surface area contributed by atoms with Crippen molar-refractivity contribution in [3.63, 3.8) is 0 Å². The van der Waals surface area contributed by atoms with E-state index < -0.39 is 11.2 Å². The molecule has 120 valence electrons. The Hall–Kier alpha value is -2.68. The number of ketones is 1. The number of guanidine groups is 1. The highest BCUT2D eigenvalue weighted by atomic mass is 32.2. The lowest BCUT2D eigenvalue weighted by Crippen LogP contribution is -2.23. The van der Waals surface area contributed by atoms with E-state index in [9.17, 15) is 14.4 Å². The van der Waals surface area contributed by atoms with Crippen LogP contribution in [-0.2, 0) is 9.59 Å². The number of amides is 2. The summed E-state index contributed by atoms with van der Waals surface area (Å²) < 4.78 is 0. The van der Waals surface area contributed by atoms with E-state index in [2.05, 4.69) is 15.3 Å². The van der Waals surface area contributed by atoms with E-state index in [1.165, 1.54) is 6.92 Å². The third kappa shape index (κ3) is 4.65. The van der Waals surface area contributed by atoms with Crippen LogP contribution in [0.1, 0.15) is 23.7 Å². The number of Topliss-reactive ketones (excluding diaryl/α,β-unsaturated/α-hetero) is 1. The van der Waals surface area contributed by atoms with E-state index in [0.29, 0.717) is 11.3 Å². The number of anilines is 1. The van der Waals surface area contributed by atoms with Crippen molar-refractivity contribution >= 4 is 46.2 Å². The Morgan fingerprint density at radius 2 is 1.96 bits per heavy atom. The average molecular weight is 333 g/mol. The Kier molecular flexibility index (Phi) is 5.12. The molecule has 2 rings (SSSR count). The fourth-order valence-electron chi connectivity index (χ4n) is 1.83. The summed E-state index contributed by atoms with van der Waals surface area (Å²) in [5, 5.41) is 2.16. The minimum Gasteiger partial charge on any atom is -0.370 e. The average Bonchev–Trinajstić information content (AvgIpc) is 2.78. The summed E-state index contributed by atoms with van der Waals surface area (Å²) in [6.45, 7) is 1.46. The molecule has 0 fully saturated rings. The zero-order valence-corrected chi connectivity index (χ0v) is 13.1. The van der Waals surface area contributed by atoms with Gasteiger partial charge in [-0.3, -0.25) is 14.4 Å². The molecule has 0 saturated carbocycles. The van der Waals surface area contributed by atoms with Crippen LogP contribution in [0.4, 0.5) is 5.69 Å². The highest BCUT2D eigenvalue weighted by Gasteiger charge is 2.30. The summed E-state index contributed by atoms with van der Waals surface area (Å²) >= 11 is 1.04. The maximum absolute atomic E-state index is 12.0. The van der Waals surface area contributed by atoms with Crippen LogP contribution >= 0.6 is 11.8 Å². The molecular weight excluding hydrogens is 318 g/mol. The van der Waals surface area contributed by atoms with Crippen LogP contribution in [0.3, 0.4) is 0 Å². The maximum atomic E-state index is 12.0. The van der Waals surface area contributed by atoms with Gasteiger partial charge in [-0.25, -0.2) is 0 Å². The Balaban J connectivity index is 1.92. The standard InChI is InChI=1S/C14H15N5O3S/c1-7(20)8-2-4-9(5-3-8)17-11(21)6-10-12(22)18-14(23-10)19-13(15)16/h2-5,10H,6H2,1H3,(H,17,21)(H4,15,16,18,19,22)/t10-/m1/s1. The Morgan fingerprint density at radius 1 is 1.30 bits per heavy atom. The van der Waals surface area contributed by atoms with Gasteiger partial charge in [0.1, 0.15) is 5.25 Å². The van der Waals surface area contributed by atoms with Gasteiger partial charge in [-0.05, 0) is 31.2 Å². The summed E-state index contributed by atoms with van der Waals surface area (Å²) in [7, 11) is 0. The molecule has 0 radical (unpaired) electrons. The molecule has 5 N–H and O–H groups in total. The number of nitrogens with two attached hydrogens (primary N) is 2. The van der Waals surface area contributed by atoms with Gasteiger partial charge in [-0.2, -0.15) is 9.98 Å². The Labute approximate surface area is 136 Å². The van der Waals surface area contributed by atoms with E-state index in [-0.39, 0.29) is 29.2 Å². The van der Waals surface area contributed by atoms with E-state index >= 15 is 0 Å². The fourth-order valence-corrected chi connectivity index (χ4v) is 2.77. The molecule has 0 saturated heterocycles. The van der Waals surface area contributed by atoms with Crippen LogP contribution in [0.2, 0.25) is 0 Å². The number of aliphatic imine (C=N–C) groups is 2. The molecule has 0 aliphatic carbocycles. The number of carbonyl (C=O) groups excluding carboxylic acids is 3. The van der Waals surface area contributed by atoms with Gasteiger partial charge in [0, 0.05) is 17.7 Å². The monoisotopic (exact) mass is 333 g/mol. The van der Waals surface area contributed by atoms with E-state index in [1.807, 2.05) is 0 Å². The molecule has 1 heterocycles. The zero-order chi connectivity index (χ0) is 17.0. The van der Waals surface area contributed by atoms with Gasteiger partial charge in [0.25, 0.3) is 5.91 Å². The first kappa shape index (κ1) is 16.7. The topological polar surface area (TPSA) is 140 Å². The van der Waals surface area contributed by atoms with Crippen LogP contribution in [0.5, 0.6) is 0 Å². The summed E-state index contributed by atoms with van der Waals surface area (Å²) in [5.41, 5.74) is 11.5. The zero-order valence-electron chi connectivity index (χ0n) is 12.3. The first-order chi connectivity index (χ1) is 10.8. The number of hydrogen-bond donors (Lipinski definition) is 3. The smallest absolute Gasteiger partial charge is 0.262 e. The van der Waals surface area contributed by atoms with E-state index in [1.54, 1.807) is 24.3 Å². The molecule has 0 bridgehead atoms. The van der Waals surface area contributed by atoms with Crippen molar-refractivity contribution < 1.29 is 14.4 Å². The van der Waals surface area contributed by atoms with Gasteiger partial charge < -0.3 is 16.8 Å². The second kappa shape index (κ2) is 7.05. The minimum atomic E-state index is -0.649. The number of thioether (sulfide) groups is 1. The summed E-state index contributed by atoms with van der Waals surface area (Å²) in [5.74, 6) is -1.04. The molecular formula is C14H15N5O3S. The highest BCUT2D eigenvalue weighted by Crippen LogP contribution is 2.26. The minimum absolute atomic E-state index is 0.0506. The molecule has 1 aromatic carbocycles. The van der Waals surface area contributed by atoms with Gasteiger partial charge in [0.15, 0.2) is 16.9 Å². The van der Waals surface area contributed by atoms with E-state index in [0.717, 1.165) is 11.8 Å². The first-order valence-electron chi connectivity index (χ1n) is 6.65. The number of carbonyl (C=O) groups is 3. The Morgan fingerprint density at radius 3 is 2.52 bits per heavy atom. The molecule has 1 aliphatic heterocycles. The van der Waals surface area contributed by atoms with Gasteiger partial charge in [-0.1, -0.05) is 11.8 Å². The van der Waals surface area contributed by atoms with Crippen molar-refractivity contribution in [1.29, 1.82) is 0 Å². The van der Waals surface area contributed by atoms with Gasteiger partial charge in [0.05, 0.1) is 0 Å².